The third-order valence-corrected chi connectivity index (χ3v) is 2.78. The Labute approximate surface area is 79.9 Å². The zero-order valence-corrected chi connectivity index (χ0v) is 8.07. The summed E-state index contributed by atoms with van der Waals surface area (Å²) in [6.07, 6.45) is 2.62. The van der Waals surface area contributed by atoms with E-state index in [9.17, 15) is 0 Å². The van der Waals surface area contributed by atoms with Crippen LogP contribution < -0.4 is 0 Å². The highest BCUT2D eigenvalue weighted by atomic mass is 35.5. The van der Waals surface area contributed by atoms with Crippen LogP contribution in [0.4, 0.5) is 0 Å². The van der Waals surface area contributed by atoms with Crippen molar-refractivity contribution in [2.24, 2.45) is 5.92 Å². The molecule has 0 bridgehead atoms. The van der Waals surface area contributed by atoms with Crippen molar-refractivity contribution < 1.29 is 4.74 Å². The lowest BCUT2D eigenvalue weighted by atomic mass is 10.4. The van der Waals surface area contributed by atoms with Gasteiger partial charge in [-0.05, 0) is 18.8 Å². The van der Waals surface area contributed by atoms with Gasteiger partial charge in [0.2, 0.25) is 0 Å². The van der Waals surface area contributed by atoms with E-state index in [1.54, 1.807) is 0 Å². The first-order chi connectivity index (χ1) is 5.86. The molecule has 1 heterocycles. The quantitative estimate of drug-likeness (QED) is 0.754. The summed E-state index contributed by atoms with van der Waals surface area (Å²) < 4.78 is 9.76. The monoisotopic (exact) mass is 204 g/mol. The molecule has 1 aromatic heterocycles. The average molecular weight is 205 g/mol. The van der Waals surface area contributed by atoms with Crippen molar-refractivity contribution in [3.63, 3.8) is 0 Å². The molecule has 0 amide bonds. The summed E-state index contributed by atoms with van der Waals surface area (Å²) in [5.74, 6) is 0.787. The predicted octanol–water partition coefficient (Wildman–Crippen LogP) is 2.12. The minimum absolute atomic E-state index is 0.506. The zero-order valence-electron chi connectivity index (χ0n) is 6.49. The normalized spacial score (nSPS) is 16.8. The number of hydrogen-bond acceptors (Lipinski definition) is 4. The van der Waals surface area contributed by atoms with Crippen molar-refractivity contribution in [1.82, 2.24) is 9.59 Å². The van der Waals surface area contributed by atoms with Gasteiger partial charge in [0.15, 0.2) is 0 Å². The van der Waals surface area contributed by atoms with Crippen molar-refractivity contribution in [2.75, 3.05) is 6.61 Å². The fourth-order valence-electron chi connectivity index (χ4n) is 0.890. The molecule has 66 valence electrons. The van der Waals surface area contributed by atoms with Gasteiger partial charge in [0, 0.05) is 18.1 Å². The van der Waals surface area contributed by atoms with Crippen LogP contribution in [0, 0.1) is 5.92 Å². The first-order valence-electron chi connectivity index (χ1n) is 3.90. The molecular weight excluding hydrogens is 196 g/mol. The highest BCUT2D eigenvalue weighted by Gasteiger charge is 2.21. The van der Waals surface area contributed by atoms with E-state index in [2.05, 4.69) is 9.59 Å². The Balaban J connectivity index is 1.75. The molecule has 0 radical (unpaired) electrons. The van der Waals surface area contributed by atoms with Crippen LogP contribution in [0.3, 0.4) is 0 Å². The van der Waals surface area contributed by atoms with Crippen LogP contribution in [0.15, 0.2) is 0 Å². The van der Waals surface area contributed by atoms with Crippen LogP contribution in [0.2, 0.25) is 4.34 Å². The maximum atomic E-state index is 5.78. The molecular formula is C7H9ClN2OS. The Morgan fingerprint density at radius 1 is 1.58 bits per heavy atom. The van der Waals surface area contributed by atoms with Gasteiger partial charge in [-0.15, -0.1) is 5.10 Å². The Hall–Kier alpha value is -0.190. The molecule has 0 aromatic carbocycles. The minimum Gasteiger partial charge on any atom is -0.375 e. The van der Waals surface area contributed by atoms with Gasteiger partial charge in [0.1, 0.15) is 10.0 Å². The number of hydrogen-bond donors (Lipinski definition) is 0. The van der Waals surface area contributed by atoms with Gasteiger partial charge in [-0.2, -0.15) is 0 Å². The van der Waals surface area contributed by atoms with E-state index in [-0.39, 0.29) is 0 Å². The zero-order chi connectivity index (χ0) is 8.39. The van der Waals surface area contributed by atoms with Crippen molar-refractivity contribution in [3.05, 3.63) is 10.0 Å². The second-order valence-electron chi connectivity index (χ2n) is 2.95. The van der Waals surface area contributed by atoms with E-state index in [0.717, 1.165) is 18.2 Å². The van der Waals surface area contributed by atoms with Crippen LogP contribution in [0.25, 0.3) is 0 Å². The SMILES string of the molecule is Clc1snnc1COCC1CC1. The summed E-state index contributed by atoms with van der Waals surface area (Å²) >= 11 is 6.99. The third-order valence-electron chi connectivity index (χ3n) is 1.80. The topological polar surface area (TPSA) is 35.0 Å². The lowest BCUT2D eigenvalue weighted by molar-refractivity contribution is 0.109. The van der Waals surface area contributed by atoms with Crippen molar-refractivity contribution in [3.8, 4) is 0 Å². The summed E-state index contributed by atoms with van der Waals surface area (Å²) in [6.45, 7) is 1.35. The fraction of sp³-hybridized carbons (Fsp3) is 0.714. The van der Waals surface area contributed by atoms with Gasteiger partial charge in [0.25, 0.3) is 0 Å². The largest absolute Gasteiger partial charge is 0.375 e. The number of rotatable bonds is 4. The van der Waals surface area contributed by atoms with E-state index in [1.807, 2.05) is 0 Å². The lowest BCUT2D eigenvalue weighted by Crippen LogP contribution is -1.97. The van der Waals surface area contributed by atoms with Gasteiger partial charge in [-0.25, -0.2) is 0 Å². The highest BCUT2D eigenvalue weighted by Crippen LogP contribution is 2.29. The molecule has 2 rings (SSSR count). The first kappa shape index (κ1) is 8.41. The summed E-state index contributed by atoms with van der Waals surface area (Å²) in [7, 11) is 0. The maximum absolute atomic E-state index is 5.78. The van der Waals surface area contributed by atoms with Crippen LogP contribution >= 0.6 is 23.1 Å². The molecule has 0 saturated heterocycles. The number of ether oxygens (including phenoxy) is 1. The number of halogens is 1. The van der Waals surface area contributed by atoms with E-state index in [4.69, 9.17) is 16.3 Å². The predicted molar refractivity (Wildman–Crippen MR) is 47.3 cm³/mol. The molecule has 1 aliphatic rings. The van der Waals surface area contributed by atoms with Crippen LogP contribution in [0.1, 0.15) is 18.5 Å². The van der Waals surface area contributed by atoms with E-state index < -0.39 is 0 Å². The summed E-state index contributed by atoms with van der Waals surface area (Å²) in [6, 6.07) is 0. The van der Waals surface area contributed by atoms with Gasteiger partial charge in [0.05, 0.1) is 6.61 Å². The van der Waals surface area contributed by atoms with Gasteiger partial charge in [-0.1, -0.05) is 16.1 Å². The van der Waals surface area contributed by atoms with Crippen LogP contribution in [-0.4, -0.2) is 16.2 Å². The molecule has 1 aromatic rings. The lowest BCUT2D eigenvalue weighted by Gasteiger charge is -1.98. The second-order valence-corrected chi connectivity index (χ2v) is 4.31. The van der Waals surface area contributed by atoms with E-state index >= 15 is 0 Å². The summed E-state index contributed by atoms with van der Waals surface area (Å²) in [5, 5.41) is 3.84. The van der Waals surface area contributed by atoms with E-state index in [1.165, 1.54) is 24.4 Å². The molecule has 5 heteroatoms. The Bertz CT molecular complexity index is 262. The van der Waals surface area contributed by atoms with Crippen molar-refractivity contribution in [1.29, 1.82) is 0 Å². The Morgan fingerprint density at radius 3 is 3.00 bits per heavy atom. The average Bonchev–Trinajstić information content (AvgIpc) is 2.78. The second kappa shape index (κ2) is 3.68. The Kier molecular flexibility index (Phi) is 2.58. The molecule has 12 heavy (non-hydrogen) atoms. The van der Waals surface area contributed by atoms with Crippen LogP contribution in [0.5, 0.6) is 0 Å². The van der Waals surface area contributed by atoms with Crippen molar-refractivity contribution >= 4 is 23.1 Å². The molecule has 0 spiro atoms. The van der Waals surface area contributed by atoms with Gasteiger partial charge < -0.3 is 4.74 Å². The molecule has 0 unspecified atom stereocenters. The summed E-state index contributed by atoms with van der Waals surface area (Å²) in [5.41, 5.74) is 0.766. The molecule has 3 nitrogen and oxygen atoms in total. The smallest absolute Gasteiger partial charge is 0.139 e. The maximum Gasteiger partial charge on any atom is 0.139 e. The minimum atomic E-state index is 0.506. The number of aromatic nitrogens is 2. The molecule has 0 atom stereocenters. The van der Waals surface area contributed by atoms with Crippen LogP contribution in [-0.2, 0) is 11.3 Å². The highest BCUT2D eigenvalue weighted by molar-refractivity contribution is 7.10. The fourth-order valence-corrected chi connectivity index (χ4v) is 1.49. The van der Waals surface area contributed by atoms with Gasteiger partial charge >= 0.3 is 0 Å². The van der Waals surface area contributed by atoms with E-state index in [0.29, 0.717) is 10.9 Å². The van der Waals surface area contributed by atoms with Crippen molar-refractivity contribution in [2.45, 2.75) is 19.4 Å². The third kappa shape index (κ3) is 2.15. The number of nitrogens with zero attached hydrogens (tertiary/aromatic N) is 2. The molecule has 1 saturated carbocycles. The summed E-state index contributed by atoms with van der Waals surface area (Å²) in [4.78, 5) is 0. The molecule has 0 N–H and O–H groups in total. The first-order valence-corrected chi connectivity index (χ1v) is 5.06. The molecule has 1 fully saturated rings. The molecule has 1 aliphatic carbocycles. The molecule has 0 aliphatic heterocycles. The Morgan fingerprint density at radius 2 is 2.42 bits per heavy atom. The van der Waals surface area contributed by atoms with Gasteiger partial charge in [-0.3, -0.25) is 0 Å². The standard InChI is InChI=1S/C7H9ClN2OS/c8-7-6(9-10-12-7)4-11-3-5-1-2-5/h5H,1-4H2.